The van der Waals surface area contributed by atoms with E-state index in [2.05, 4.69) is 5.32 Å². The van der Waals surface area contributed by atoms with Crippen molar-refractivity contribution in [1.82, 2.24) is 0 Å². The van der Waals surface area contributed by atoms with E-state index in [1.54, 1.807) is 0 Å². The van der Waals surface area contributed by atoms with Crippen LogP contribution in [0.5, 0.6) is 5.75 Å². The summed E-state index contributed by atoms with van der Waals surface area (Å²) < 4.78 is 5.33. The van der Waals surface area contributed by atoms with E-state index in [1.807, 2.05) is 31.2 Å². The largest absolute Gasteiger partial charge is 0.494 e. The van der Waals surface area contributed by atoms with Crippen molar-refractivity contribution in [3.05, 3.63) is 24.3 Å². The Labute approximate surface area is 123 Å². The fraction of sp³-hybridized carbons (Fsp3) is 0.385. The molecule has 3 N–H and O–H groups in total. The molecular formula is C13H18N2O2S2. The first-order valence-corrected chi connectivity index (χ1v) is 7.57. The molecule has 0 unspecified atom stereocenters. The molecule has 0 bridgehead atoms. The summed E-state index contributed by atoms with van der Waals surface area (Å²) in [5.74, 6) is 1.94. The number of ether oxygens (including phenoxy) is 1. The highest BCUT2D eigenvalue weighted by Crippen LogP contribution is 2.16. The van der Waals surface area contributed by atoms with E-state index in [0.29, 0.717) is 23.8 Å². The van der Waals surface area contributed by atoms with Crippen LogP contribution in [0.3, 0.4) is 0 Å². The third-order valence-corrected chi connectivity index (χ3v) is 3.34. The van der Waals surface area contributed by atoms with Gasteiger partial charge < -0.3 is 15.8 Å². The van der Waals surface area contributed by atoms with Crippen LogP contribution in [-0.2, 0) is 4.79 Å². The second-order valence-corrected chi connectivity index (χ2v) is 5.40. The van der Waals surface area contributed by atoms with Crippen LogP contribution in [0.2, 0.25) is 0 Å². The summed E-state index contributed by atoms with van der Waals surface area (Å²) in [4.78, 5) is 12.1. The standard InChI is InChI=1S/C13H18N2O2S2/c1-2-17-11-5-3-10(4-6-11)15-13(16)9-19-8-7-12(14)18/h3-6H,2,7-9H2,1H3,(H2,14,18)(H,15,16). The zero-order chi connectivity index (χ0) is 14.1. The molecule has 104 valence electrons. The van der Waals surface area contributed by atoms with Gasteiger partial charge in [-0.2, -0.15) is 11.8 Å². The van der Waals surface area contributed by atoms with Crippen LogP contribution in [0.1, 0.15) is 13.3 Å². The molecular weight excluding hydrogens is 280 g/mol. The molecule has 1 aromatic carbocycles. The van der Waals surface area contributed by atoms with Crippen molar-refractivity contribution in [2.45, 2.75) is 13.3 Å². The lowest BCUT2D eigenvalue weighted by Crippen LogP contribution is -2.15. The van der Waals surface area contributed by atoms with Crippen molar-refractivity contribution in [2.24, 2.45) is 5.73 Å². The average molecular weight is 298 g/mol. The number of nitrogens with one attached hydrogen (secondary N) is 1. The van der Waals surface area contributed by atoms with Crippen molar-refractivity contribution in [1.29, 1.82) is 0 Å². The molecule has 1 amide bonds. The van der Waals surface area contributed by atoms with Gasteiger partial charge in [-0.25, -0.2) is 0 Å². The second kappa shape index (κ2) is 8.77. The summed E-state index contributed by atoms with van der Waals surface area (Å²) in [7, 11) is 0. The van der Waals surface area contributed by atoms with Crippen LogP contribution in [0.25, 0.3) is 0 Å². The Morgan fingerprint density at radius 1 is 1.42 bits per heavy atom. The lowest BCUT2D eigenvalue weighted by atomic mass is 10.3. The van der Waals surface area contributed by atoms with Gasteiger partial charge >= 0.3 is 0 Å². The molecule has 1 rings (SSSR count). The molecule has 0 atom stereocenters. The quantitative estimate of drug-likeness (QED) is 0.570. The van der Waals surface area contributed by atoms with Gasteiger partial charge in [0.2, 0.25) is 5.91 Å². The van der Waals surface area contributed by atoms with Gasteiger partial charge in [0.25, 0.3) is 0 Å². The first-order chi connectivity index (χ1) is 9.11. The van der Waals surface area contributed by atoms with Crippen LogP contribution in [0.15, 0.2) is 24.3 Å². The van der Waals surface area contributed by atoms with E-state index < -0.39 is 0 Å². The first kappa shape index (κ1) is 15.8. The van der Waals surface area contributed by atoms with Gasteiger partial charge in [0.15, 0.2) is 0 Å². The lowest BCUT2D eigenvalue weighted by Gasteiger charge is -2.07. The predicted molar refractivity (Wildman–Crippen MR) is 85.0 cm³/mol. The Morgan fingerprint density at radius 2 is 2.11 bits per heavy atom. The smallest absolute Gasteiger partial charge is 0.234 e. The van der Waals surface area contributed by atoms with Gasteiger partial charge in [-0.15, -0.1) is 0 Å². The molecule has 0 saturated carbocycles. The number of thiocarbonyl (C=S) groups is 1. The average Bonchev–Trinajstić information content (AvgIpc) is 2.37. The van der Waals surface area contributed by atoms with E-state index in [4.69, 9.17) is 22.7 Å². The monoisotopic (exact) mass is 298 g/mol. The Hall–Kier alpha value is -1.27. The van der Waals surface area contributed by atoms with E-state index >= 15 is 0 Å². The lowest BCUT2D eigenvalue weighted by molar-refractivity contribution is -0.113. The summed E-state index contributed by atoms with van der Waals surface area (Å²) in [6, 6.07) is 7.31. The van der Waals surface area contributed by atoms with Gasteiger partial charge in [-0.3, -0.25) is 4.79 Å². The van der Waals surface area contributed by atoms with Crippen molar-refractivity contribution >= 4 is 40.6 Å². The minimum atomic E-state index is -0.0305. The Balaban J connectivity index is 2.29. The normalized spacial score (nSPS) is 9.95. The van der Waals surface area contributed by atoms with Gasteiger partial charge in [0.05, 0.1) is 17.3 Å². The maximum absolute atomic E-state index is 11.6. The number of rotatable bonds is 8. The molecule has 0 aromatic heterocycles. The summed E-state index contributed by atoms with van der Waals surface area (Å²) in [5.41, 5.74) is 6.14. The zero-order valence-electron chi connectivity index (χ0n) is 10.8. The highest BCUT2D eigenvalue weighted by molar-refractivity contribution is 8.00. The number of hydrogen-bond acceptors (Lipinski definition) is 4. The van der Waals surface area contributed by atoms with Gasteiger partial charge in [0, 0.05) is 17.9 Å². The van der Waals surface area contributed by atoms with Crippen molar-refractivity contribution in [3.63, 3.8) is 0 Å². The van der Waals surface area contributed by atoms with Crippen LogP contribution < -0.4 is 15.8 Å². The first-order valence-electron chi connectivity index (χ1n) is 6.00. The van der Waals surface area contributed by atoms with Gasteiger partial charge in [-0.1, -0.05) is 12.2 Å². The number of benzene rings is 1. The number of carbonyl (C=O) groups is 1. The number of carbonyl (C=O) groups excluding carboxylic acids is 1. The van der Waals surface area contributed by atoms with E-state index in [0.717, 1.165) is 17.2 Å². The summed E-state index contributed by atoms with van der Waals surface area (Å²) in [5, 5.41) is 2.82. The molecule has 0 aliphatic heterocycles. The van der Waals surface area contributed by atoms with Crippen LogP contribution >= 0.6 is 24.0 Å². The van der Waals surface area contributed by atoms with E-state index in [-0.39, 0.29) is 5.91 Å². The molecule has 0 heterocycles. The molecule has 0 fully saturated rings. The number of nitrogens with two attached hydrogens (primary N) is 1. The summed E-state index contributed by atoms with van der Waals surface area (Å²) in [6.07, 6.45) is 0.663. The molecule has 0 saturated heterocycles. The minimum Gasteiger partial charge on any atom is -0.494 e. The third kappa shape index (κ3) is 7.03. The molecule has 6 heteroatoms. The minimum absolute atomic E-state index is 0.0305. The molecule has 4 nitrogen and oxygen atoms in total. The molecule has 0 spiro atoms. The third-order valence-electron chi connectivity index (χ3n) is 2.18. The fourth-order valence-electron chi connectivity index (χ4n) is 1.34. The highest BCUT2D eigenvalue weighted by Gasteiger charge is 2.03. The molecule has 0 aliphatic carbocycles. The highest BCUT2D eigenvalue weighted by atomic mass is 32.2. The zero-order valence-corrected chi connectivity index (χ0v) is 12.5. The van der Waals surface area contributed by atoms with Crippen LogP contribution in [0, 0.1) is 0 Å². The second-order valence-electron chi connectivity index (χ2n) is 3.77. The molecule has 19 heavy (non-hydrogen) atoms. The fourth-order valence-corrected chi connectivity index (χ4v) is 2.33. The van der Waals surface area contributed by atoms with Crippen LogP contribution in [0.4, 0.5) is 5.69 Å². The number of hydrogen-bond donors (Lipinski definition) is 2. The van der Waals surface area contributed by atoms with Crippen molar-refractivity contribution in [2.75, 3.05) is 23.4 Å². The molecule has 1 aromatic rings. The van der Waals surface area contributed by atoms with Gasteiger partial charge in [0.1, 0.15) is 5.75 Å². The van der Waals surface area contributed by atoms with Crippen LogP contribution in [-0.4, -0.2) is 29.0 Å². The number of anilines is 1. The van der Waals surface area contributed by atoms with E-state index in [9.17, 15) is 4.79 Å². The molecule has 0 aliphatic rings. The maximum Gasteiger partial charge on any atom is 0.234 e. The predicted octanol–water partition coefficient (Wildman–Crippen LogP) is 2.43. The van der Waals surface area contributed by atoms with Gasteiger partial charge in [-0.05, 0) is 31.2 Å². The Kier molecular flexibility index (Phi) is 7.28. The maximum atomic E-state index is 11.6. The summed E-state index contributed by atoms with van der Waals surface area (Å²) >= 11 is 6.28. The molecule has 0 radical (unpaired) electrons. The topological polar surface area (TPSA) is 64.3 Å². The Morgan fingerprint density at radius 3 is 2.68 bits per heavy atom. The van der Waals surface area contributed by atoms with Crippen molar-refractivity contribution < 1.29 is 9.53 Å². The van der Waals surface area contributed by atoms with Crippen molar-refractivity contribution in [3.8, 4) is 5.75 Å². The summed E-state index contributed by atoms with van der Waals surface area (Å²) in [6.45, 7) is 2.56. The Bertz CT molecular complexity index is 421. The number of thioether (sulfide) groups is 1. The number of amides is 1. The SMILES string of the molecule is CCOc1ccc(NC(=O)CSCCC(N)=S)cc1. The van der Waals surface area contributed by atoms with E-state index in [1.165, 1.54) is 11.8 Å².